The molecule has 2 atom stereocenters. The van der Waals surface area contributed by atoms with Crippen molar-refractivity contribution in [1.82, 2.24) is 10.6 Å². The summed E-state index contributed by atoms with van der Waals surface area (Å²) in [5.74, 6) is 0.652. The van der Waals surface area contributed by atoms with Crippen LogP contribution in [0.4, 0.5) is 0 Å². The normalized spacial score (nSPS) is 24.8. The lowest BCUT2D eigenvalue weighted by Crippen LogP contribution is -2.60. The molecule has 0 saturated carbocycles. The van der Waals surface area contributed by atoms with Crippen molar-refractivity contribution in [3.05, 3.63) is 35.9 Å². The Morgan fingerprint density at radius 2 is 2.00 bits per heavy atom. The number of amides is 1. The molecular weight excluding hydrogens is 212 g/mol. The largest absolute Gasteiger partial charge is 0.353 e. The molecule has 0 spiro atoms. The summed E-state index contributed by atoms with van der Waals surface area (Å²) in [6.45, 7) is 5.09. The van der Waals surface area contributed by atoms with Gasteiger partial charge in [-0.3, -0.25) is 4.79 Å². The highest BCUT2D eigenvalue weighted by molar-refractivity contribution is 5.83. The molecule has 1 aliphatic heterocycles. The van der Waals surface area contributed by atoms with E-state index >= 15 is 0 Å². The maximum absolute atomic E-state index is 11.8. The van der Waals surface area contributed by atoms with Gasteiger partial charge in [-0.05, 0) is 17.9 Å². The van der Waals surface area contributed by atoms with Gasteiger partial charge in [-0.1, -0.05) is 44.2 Å². The van der Waals surface area contributed by atoms with Crippen LogP contribution >= 0.6 is 0 Å². The maximum atomic E-state index is 11.8. The fourth-order valence-corrected chi connectivity index (χ4v) is 2.16. The first-order valence-corrected chi connectivity index (χ1v) is 6.24. The molecule has 3 nitrogen and oxygen atoms in total. The van der Waals surface area contributed by atoms with Gasteiger partial charge < -0.3 is 10.6 Å². The van der Waals surface area contributed by atoms with Gasteiger partial charge in [-0.25, -0.2) is 0 Å². The van der Waals surface area contributed by atoms with Crippen molar-refractivity contribution in [3.63, 3.8) is 0 Å². The number of piperazine rings is 1. The minimum atomic E-state index is -0.0986. The Morgan fingerprint density at radius 1 is 1.29 bits per heavy atom. The van der Waals surface area contributed by atoms with Crippen molar-refractivity contribution in [2.45, 2.75) is 32.4 Å². The van der Waals surface area contributed by atoms with Crippen molar-refractivity contribution in [3.8, 4) is 0 Å². The summed E-state index contributed by atoms with van der Waals surface area (Å²) in [7, 11) is 0. The van der Waals surface area contributed by atoms with E-state index in [-0.39, 0.29) is 11.9 Å². The first-order chi connectivity index (χ1) is 8.16. The number of carbonyl (C=O) groups is 1. The molecule has 0 aliphatic carbocycles. The van der Waals surface area contributed by atoms with E-state index in [2.05, 4.69) is 36.6 Å². The van der Waals surface area contributed by atoms with Gasteiger partial charge in [0.05, 0.1) is 6.04 Å². The van der Waals surface area contributed by atoms with Gasteiger partial charge >= 0.3 is 0 Å². The summed E-state index contributed by atoms with van der Waals surface area (Å²) in [6, 6.07) is 10.4. The van der Waals surface area contributed by atoms with E-state index in [1.165, 1.54) is 5.56 Å². The van der Waals surface area contributed by atoms with Crippen LogP contribution in [0.3, 0.4) is 0 Å². The lowest BCUT2D eigenvalue weighted by atomic mass is 9.97. The summed E-state index contributed by atoms with van der Waals surface area (Å²) in [5.41, 5.74) is 1.20. The van der Waals surface area contributed by atoms with Gasteiger partial charge in [0.15, 0.2) is 0 Å². The van der Waals surface area contributed by atoms with Crippen molar-refractivity contribution < 1.29 is 4.79 Å². The van der Waals surface area contributed by atoms with Crippen molar-refractivity contribution in [2.75, 3.05) is 6.54 Å². The monoisotopic (exact) mass is 232 g/mol. The fraction of sp³-hybridized carbons (Fsp3) is 0.500. The topological polar surface area (TPSA) is 41.1 Å². The average molecular weight is 232 g/mol. The SMILES string of the molecule is CC(C)[C@@H]1CNC(=O)[C@H](Cc2ccccc2)N1. The smallest absolute Gasteiger partial charge is 0.237 e. The molecule has 1 aliphatic rings. The predicted octanol–water partition coefficient (Wildman–Crippen LogP) is 1.34. The lowest BCUT2D eigenvalue weighted by Gasteiger charge is -2.33. The molecule has 1 aromatic carbocycles. The Labute approximate surface area is 103 Å². The van der Waals surface area contributed by atoms with Crippen LogP contribution in [0.15, 0.2) is 30.3 Å². The number of hydrogen-bond acceptors (Lipinski definition) is 2. The zero-order valence-corrected chi connectivity index (χ0v) is 10.4. The number of hydrogen-bond donors (Lipinski definition) is 2. The minimum absolute atomic E-state index is 0.0986. The number of rotatable bonds is 3. The highest BCUT2D eigenvalue weighted by atomic mass is 16.2. The molecule has 1 saturated heterocycles. The first kappa shape index (κ1) is 12.1. The van der Waals surface area contributed by atoms with E-state index in [4.69, 9.17) is 0 Å². The van der Waals surface area contributed by atoms with Gasteiger partial charge in [0.2, 0.25) is 5.91 Å². The highest BCUT2D eigenvalue weighted by Crippen LogP contribution is 2.10. The Morgan fingerprint density at radius 3 is 2.65 bits per heavy atom. The van der Waals surface area contributed by atoms with Crippen LogP contribution in [0, 0.1) is 5.92 Å². The van der Waals surface area contributed by atoms with Crippen LogP contribution in [0.2, 0.25) is 0 Å². The van der Waals surface area contributed by atoms with E-state index < -0.39 is 0 Å². The van der Waals surface area contributed by atoms with E-state index in [1.807, 2.05) is 18.2 Å². The van der Waals surface area contributed by atoms with E-state index in [0.717, 1.165) is 13.0 Å². The standard InChI is InChI=1S/C14H20N2O/c1-10(2)13-9-15-14(17)12(16-13)8-11-6-4-3-5-7-11/h3-7,10,12-13,16H,8-9H2,1-2H3,(H,15,17)/t12-,13-/m0/s1. The van der Waals surface area contributed by atoms with Gasteiger partial charge in [0.25, 0.3) is 0 Å². The van der Waals surface area contributed by atoms with Gasteiger partial charge in [-0.2, -0.15) is 0 Å². The van der Waals surface area contributed by atoms with Gasteiger partial charge in [0, 0.05) is 12.6 Å². The quantitative estimate of drug-likeness (QED) is 0.826. The van der Waals surface area contributed by atoms with E-state index in [0.29, 0.717) is 12.0 Å². The molecule has 17 heavy (non-hydrogen) atoms. The summed E-state index contributed by atoms with van der Waals surface area (Å²) in [5, 5.41) is 6.42. The van der Waals surface area contributed by atoms with Crippen LogP contribution < -0.4 is 10.6 Å². The van der Waals surface area contributed by atoms with Crippen LogP contribution in [0.5, 0.6) is 0 Å². The molecule has 92 valence electrons. The Balaban J connectivity index is 2.01. The third-order valence-corrected chi connectivity index (χ3v) is 3.32. The van der Waals surface area contributed by atoms with Crippen molar-refractivity contribution >= 4 is 5.91 Å². The predicted molar refractivity (Wildman–Crippen MR) is 68.7 cm³/mol. The summed E-state index contributed by atoms with van der Waals surface area (Å²) in [6.07, 6.45) is 0.760. The summed E-state index contributed by atoms with van der Waals surface area (Å²) >= 11 is 0. The zero-order chi connectivity index (χ0) is 12.3. The highest BCUT2D eigenvalue weighted by Gasteiger charge is 2.28. The second-order valence-corrected chi connectivity index (χ2v) is 5.00. The van der Waals surface area contributed by atoms with Crippen molar-refractivity contribution in [1.29, 1.82) is 0 Å². The number of nitrogens with one attached hydrogen (secondary N) is 2. The molecule has 2 N–H and O–H groups in total. The first-order valence-electron chi connectivity index (χ1n) is 6.24. The molecule has 3 heteroatoms. The Bertz CT molecular complexity index is 375. The van der Waals surface area contributed by atoms with Gasteiger partial charge in [-0.15, -0.1) is 0 Å². The lowest BCUT2D eigenvalue weighted by molar-refractivity contribution is -0.125. The molecule has 0 radical (unpaired) electrons. The average Bonchev–Trinajstić information content (AvgIpc) is 2.33. The molecule has 0 unspecified atom stereocenters. The van der Waals surface area contributed by atoms with Crippen LogP contribution in [0.25, 0.3) is 0 Å². The van der Waals surface area contributed by atoms with Crippen molar-refractivity contribution in [2.24, 2.45) is 5.92 Å². The van der Waals surface area contributed by atoms with E-state index in [1.54, 1.807) is 0 Å². The Kier molecular flexibility index (Phi) is 3.79. The Hall–Kier alpha value is -1.35. The second kappa shape index (κ2) is 5.32. The second-order valence-electron chi connectivity index (χ2n) is 5.00. The zero-order valence-electron chi connectivity index (χ0n) is 10.4. The summed E-state index contributed by atoms with van der Waals surface area (Å²) in [4.78, 5) is 11.8. The third kappa shape index (κ3) is 3.07. The molecule has 1 heterocycles. The molecule has 1 aromatic rings. The molecular formula is C14H20N2O. The minimum Gasteiger partial charge on any atom is -0.353 e. The van der Waals surface area contributed by atoms with Gasteiger partial charge in [0.1, 0.15) is 0 Å². The molecule has 1 amide bonds. The maximum Gasteiger partial charge on any atom is 0.237 e. The van der Waals surface area contributed by atoms with Crippen LogP contribution in [-0.2, 0) is 11.2 Å². The van der Waals surface area contributed by atoms with Crippen LogP contribution in [-0.4, -0.2) is 24.5 Å². The van der Waals surface area contributed by atoms with Crippen LogP contribution in [0.1, 0.15) is 19.4 Å². The number of benzene rings is 1. The number of carbonyl (C=O) groups excluding carboxylic acids is 1. The molecule has 2 rings (SSSR count). The van der Waals surface area contributed by atoms with E-state index in [9.17, 15) is 4.79 Å². The molecule has 0 aromatic heterocycles. The summed E-state index contributed by atoms with van der Waals surface area (Å²) < 4.78 is 0. The molecule has 0 bridgehead atoms. The third-order valence-electron chi connectivity index (χ3n) is 3.32. The fourth-order valence-electron chi connectivity index (χ4n) is 2.16. The molecule has 1 fully saturated rings.